The zero-order valence-electron chi connectivity index (χ0n) is 9.37. The number of para-hydroxylation sites is 1. The zero-order valence-corrected chi connectivity index (χ0v) is 9.37. The van der Waals surface area contributed by atoms with Crippen molar-refractivity contribution in [1.82, 2.24) is 16.2 Å². The number of hydrogen-bond donors (Lipinski definition) is 4. The van der Waals surface area contributed by atoms with E-state index in [0.717, 1.165) is 11.3 Å². The minimum absolute atomic E-state index is 0.109. The average Bonchev–Trinajstić information content (AvgIpc) is 2.27. The largest absolute Gasteiger partial charge is 0.364 e. The zero-order chi connectivity index (χ0) is 11.5. The molecule has 1 aromatic carbocycles. The molecule has 16 heavy (non-hydrogen) atoms. The molecule has 1 aromatic rings. The molecule has 2 unspecified atom stereocenters. The van der Waals surface area contributed by atoms with Crippen LogP contribution in [0.3, 0.4) is 0 Å². The van der Waals surface area contributed by atoms with Crippen molar-refractivity contribution >= 4 is 11.7 Å². The molecule has 4 N–H and O–H groups in total. The summed E-state index contributed by atoms with van der Waals surface area (Å²) in [6.45, 7) is 4.02. The van der Waals surface area contributed by atoms with Crippen molar-refractivity contribution in [1.29, 1.82) is 0 Å². The Labute approximate surface area is 94.6 Å². The third kappa shape index (κ3) is 2.25. The summed E-state index contributed by atoms with van der Waals surface area (Å²) in [5.74, 6) is 0. The molecular weight excluding hydrogens is 204 g/mol. The Morgan fingerprint density at radius 1 is 1.31 bits per heavy atom. The van der Waals surface area contributed by atoms with E-state index in [4.69, 9.17) is 0 Å². The van der Waals surface area contributed by atoms with Gasteiger partial charge in [0.1, 0.15) is 6.17 Å². The topological polar surface area (TPSA) is 65.2 Å². The SMILES string of the molecule is Cc1ccccc1NC1NC(=O)NNC1C. The highest BCUT2D eigenvalue weighted by atomic mass is 16.2. The lowest BCUT2D eigenvalue weighted by Crippen LogP contribution is -2.66. The van der Waals surface area contributed by atoms with Gasteiger partial charge < -0.3 is 10.6 Å². The van der Waals surface area contributed by atoms with Crippen molar-refractivity contribution in [3.05, 3.63) is 29.8 Å². The van der Waals surface area contributed by atoms with Gasteiger partial charge in [-0.2, -0.15) is 0 Å². The molecule has 86 valence electrons. The number of carbonyl (C=O) groups excluding carboxylic acids is 1. The van der Waals surface area contributed by atoms with E-state index >= 15 is 0 Å². The molecular formula is C11H16N4O. The Morgan fingerprint density at radius 2 is 2.06 bits per heavy atom. The number of anilines is 1. The Morgan fingerprint density at radius 3 is 2.81 bits per heavy atom. The summed E-state index contributed by atoms with van der Waals surface area (Å²) in [4.78, 5) is 11.2. The fraction of sp³-hybridized carbons (Fsp3) is 0.364. The molecule has 0 aromatic heterocycles. The van der Waals surface area contributed by atoms with E-state index in [0.29, 0.717) is 0 Å². The lowest BCUT2D eigenvalue weighted by molar-refractivity contribution is 0.214. The minimum atomic E-state index is -0.218. The second-order valence-corrected chi connectivity index (χ2v) is 3.97. The van der Waals surface area contributed by atoms with Gasteiger partial charge in [-0.15, -0.1) is 0 Å². The molecule has 0 bridgehead atoms. The van der Waals surface area contributed by atoms with Crippen molar-refractivity contribution in [2.75, 3.05) is 5.32 Å². The Kier molecular flexibility index (Phi) is 2.96. The normalized spacial score (nSPS) is 24.5. The van der Waals surface area contributed by atoms with Gasteiger partial charge in [-0.25, -0.2) is 10.2 Å². The lowest BCUT2D eigenvalue weighted by Gasteiger charge is -2.32. The monoisotopic (exact) mass is 220 g/mol. The van der Waals surface area contributed by atoms with Crippen LogP contribution < -0.4 is 21.5 Å². The number of nitrogens with one attached hydrogen (secondary N) is 4. The highest BCUT2D eigenvalue weighted by Crippen LogP contribution is 2.15. The summed E-state index contributed by atoms with van der Waals surface area (Å²) in [6.07, 6.45) is -0.116. The second kappa shape index (κ2) is 4.40. The molecule has 5 heteroatoms. The van der Waals surface area contributed by atoms with Crippen LogP contribution in [0.25, 0.3) is 0 Å². The van der Waals surface area contributed by atoms with Crippen LogP contribution in [0, 0.1) is 6.92 Å². The molecule has 2 rings (SSSR count). The van der Waals surface area contributed by atoms with Crippen LogP contribution >= 0.6 is 0 Å². The van der Waals surface area contributed by atoms with Gasteiger partial charge in [0, 0.05) is 5.69 Å². The number of carbonyl (C=O) groups is 1. The molecule has 2 amide bonds. The highest BCUT2D eigenvalue weighted by molar-refractivity contribution is 5.75. The fourth-order valence-corrected chi connectivity index (χ4v) is 1.63. The number of urea groups is 1. The first kappa shape index (κ1) is 10.8. The van der Waals surface area contributed by atoms with E-state index in [1.165, 1.54) is 0 Å². The van der Waals surface area contributed by atoms with Crippen LogP contribution in [0.5, 0.6) is 0 Å². The summed E-state index contributed by atoms with van der Waals surface area (Å²) in [7, 11) is 0. The van der Waals surface area contributed by atoms with Gasteiger partial charge in [0.15, 0.2) is 0 Å². The lowest BCUT2D eigenvalue weighted by atomic mass is 10.1. The van der Waals surface area contributed by atoms with E-state index in [2.05, 4.69) is 21.5 Å². The number of hydrazine groups is 1. The van der Waals surface area contributed by atoms with Gasteiger partial charge in [0.05, 0.1) is 6.04 Å². The molecule has 0 radical (unpaired) electrons. The van der Waals surface area contributed by atoms with E-state index in [9.17, 15) is 4.79 Å². The van der Waals surface area contributed by atoms with E-state index in [-0.39, 0.29) is 18.2 Å². The molecule has 0 spiro atoms. The smallest absolute Gasteiger partial charge is 0.330 e. The predicted octanol–water partition coefficient (Wildman–Crippen LogP) is 0.939. The van der Waals surface area contributed by atoms with Gasteiger partial charge in [-0.3, -0.25) is 5.43 Å². The first-order valence-electron chi connectivity index (χ1n) is 5.31. The maximum absolute atomic E-state index is 11.2. The first-order valence-corrected chi connectivity index (χ1v) is 5.31. The average molecular weight is 220 g/mol. The molecule has 0 aliphatic carbocycles. The maximum Gasteiger partial charge on any atom is 0.330 e. The number of rotatable bonds is 2. The third-order valence-corrected chi connectivity index (χ3v) is 2.66. The van der Waals surface area contributed by atoms with Crippen LogP contribution in [0.1, 0.15) is 12.5 Å². The summed E-state index contributed by atoms with van der Waals surface area (Å²) in [6, 6.07) is 7.88. The van der Waals surface area contributed by atoms with Gasteiger partial charge in [0.25, 0.3) is 0 Å². The first-order chi connectivity index (χ1) is 7.66. The molecule has 1 aliphatic heterocycles. The predicted molar refractivity (Wildman–Crippen MR) is 62.9 cm³/mol. The van der Waals surface area contributed by atoms with Crippen molar-refractivity contribution in [2.45, 2.75) is 26.1 Å². The van der Waals surface area contributed by atoms with E-state index in [1.807, 2.05) is 38.1 Å². The van der Waals surface area contributed by atoms with E-state index < -0.39 is 0 Å². The van der Waals surface area contributed by atoms with Crippen LogP contribution in [0.4, 0.5) is 10.5 Å². The summed E-state index contributed by atoms with van der Waals surface area (Å²) in [5, 5.41) is 6.11. The molecule has 2 atom stereocenters. The Bertz CT molecular complexity index is 393. The van der Waals surface area contributed by atoms with Crippen LogP contribution in [0.2, 0.25) is 0 Å². The van der Waals surface area contributed by atoms with Gasteiger partial charge in [0.2, 0.25) is 0 Å². The van der Waals surface area contributed by atoms with Crippen molar-refractivity contribution in [3.8, 4) is 0 Å². The molecule has 1 heterocycles. The number of hydrogen-bond acceptors (Lipinski definition) is 3. The molecule has 5 nitrogen and oxygen atoms in total. The molecule has 1 fully saturated rings. The number of benzene rings is 1. The van der Waals surface area contributed by atoms with Gasteiger partial charge in [-0.05, 0) is 25.5 Å². The number of amides is 2. The van der Waals surface area contributed by atoms with Crippen molar-refractivity contribution in [3.63, 3.8) is 0 Å². The summed E-state index contributed by atoms with van der Waals surface area (Å²) in [5.41, 5.74) is 7.61. The van der Waals surface area contributed by atoms with Crippen LogP contribution in [-0.2, 0) is 0 Å². The van der Waals surface area contributed by atoms with Crippen LogP contribution in [0.15, 0.2) is 24.3 Å². The fourth-order valence-electron chi connectivity index (χ4n) is 1.63. The van der Waals surface area contributed by atoms with Gasteiger partial charge >= 0.3 is 6.03 Å². The quantitative estimate of drug-likeness (QED) is 0.599. The standard InChI is InChI=1S/C11H16N4O/c1-7-5-3-4-6-9(7)12-10-8(2)14-15-11(16)13-10/h3-6,8,10,12,14H,1-2H3,(H2,13,15,16). The van der Waals surface area contributed by atoms with E-state index in [1.54, 1.807) is 0 Å². The van der Waals surface area contributed by atoms with Crippen LogP contribution in [-0.4, -0.2) is 18.2 Å². The van der Waals surface area contributed by atoms with Crippen molar-refractivity contribution < 1.29 is 4.79 Å². The van der Waals surface area contributed by atoms with Gasteiger partial charge in [-0.1, -0.05) is 18.2 Å². The Hall–Kier alpha value is -1.75. The minimum Gasteiger partial charge on any atom is -0.364 e. The molecule has 1 saturated heterocycles. The maximum atomic E-state index is 11.2. The summed E-state index contributed by atoms with van der Waals surface area (Å²) < 4.78 is 0. The molecule has 0 saturated carbocycles. The number of aryl methyl sites for hydroxylation is 1. The second-order valence-electron chi connectivity index (χ2n) is 3.97. The Balaban J connectivity index is 2.08. The summed E-state index contributed by atoms with van der Waals surface area (Å²) >= 11 is 0. The van der Waals surface area contributed by atoms with Crippen molar-refractivity contribution in [2.24, 2.45) is 0 Å². The molecule has 1 aliphatic rings. The highest BCUT2D eigenvalue weighted by Gasteiger charge is 2.24. The third-order valence-electron chi connectivity index (χ3n) is 2.66.